The molecule has 1 rings (SSSR count). The lowest BCUT2D eigenvalue weighted by molar-refractivity contribution is 0.287. The van der Waals surface area contributed by atoms with E-state index in [2.05, 4.69) is 10.4 Å². The number of nitrogens with zero attached hydrogens (tertiary/aromatic N) is 2. The van der Waals surface area contributed by atoms with Crippen molar-refractivity contribution in [1.29, 1.82) is 0 Å². The fourth-order valence-corrected chi connectivity index (χ4v) is 1.44. The van der Waals surface area contributed by atoms with Gasteiger partial charge in [0, 0.05) is 25.5 Å². The van der Waals surface area contributed by atoms with Crippen LogP contribution in [0.25, 0.3) is 0 Å². The van der Waals surface area contributed by atoms with Gasteiger partial charge in [-0.3, -0.25) is 10.4 Å². The van der Waals surface area contributed by atoms with Crippen LogP contribution in [0.3, 0.4) is 0 Å². The van der Waals surface area contributed by atoms with Crippen LogP contribution in [0.5, 0.6) is 0 Å². The van der Waals surface area contributed by atoms with E-state index in [1.165, 1.54) is 4.88 Å². The number of rotatable bonds is 3. The van der Waals surface area contributed by atoms with Crippen LogP contribution in [0.4, 0.5) is 0 Å². The van der Waals surface area contributed by atoms with Gasteiger partial charge in [0.1, 0.15) is 0 Å². The molecule has 1 aromatic heterocycles. The third-order valence-corrected chi connectivity index (χ3v) is 2.34. The van der Waals surface area contributed by atoms with Crippen molar-refractivity contribution in [3.63, 3.8) is 0 Å². The van der Waals surface area contributed by atoms with Crippen molar-refractivity contribution in [2.45, 2.75) is 13.5 Å². The third kappa shape index (κ3) is 2.57. The van der Waals surface area contributed by atoms with E-state index in [4.69, 9.17) is 0 Å². The van der Waals surface area contributed by atoms with Gasteiger partial charge in [-0.05, 0) is 6.92 Å². The van der Waals surface area contributed by atoms with Gasteiger partial charge in [0.15, 0.2) is 0 Å². The van der Waals surface area contributed by atoms with Crippen LogP contribution < -0.4 is 5.43 Å². The summed E-state index contributed by atoms with van der Waals surface area (Å²) in [6, 6.07) is 0. The minimum Gasteiger partial charge on any atom is -0.250 e. The SMILES string of the molecule is Cc1ncsc1CNN(C)C. The van der Waals surface area contributed by atoms with Gasteiger partial charge < -0.3 is 0 Å². The first-order valence-electron chi connectivity index (χ1n) is 3.50. The lowest BCUT2D eigenvalue weighted by Gasteiger charge is -2.10. The Morgan fingerprint density at radius 3 is 2.82 bits per heavy atom. The molecule has 0 aliphatic heterocycles. The van der Waals surface area contributed by atoms with Crippen molar-refractivity contribution in [3.05, 3.63) is 16.1 Å². The largest absolute Gasteiger partial charge is 0.250 e. The van der Waals surface area contributed by atoms with Crippen LogP contribution in [0, 0.1) is 6.92 Å². The van der Waals surface area contributed by atoms with E-state index < -0.39 is 0 Å². The highest BCUT2D eigenvalue weighted by molar-refractivity contribution is 7.09. The Balaban J connectivity index is 2.44. The van der Waals surface area contributed by atoms with Gasteiger partial charge in [-0.25, -0.2) is 4.98 Å². The summed E-state index contributed by atoms with van der Waals surface area (Å²) in [5.41, 5.74) is 6.20. The molecule has 0 saturated carbocycles. The number of aromatic nitrogens is 1. The highest BCUT2D eigenvalue weighted by Crippen LogP contribution is 2.10. The molecule has 0 atom stereocenters. The zero-order valence-corrected chi connectivity index (χ0v) is 7.90. The lowest BCUT2D eigenvalue weighted by Crippen LogP contribution is -2.29. The maximum atomic E-state index is 4.15. The van der Waals surface area contributed by atoms with Gasteiger partial charge in [-0.2, -0.15) is 0 Å². The number of aryl methyl sites for hydroxylation is 1. The molecule has 3 nitrogen and oxygen atoms in total. The average molecular weight is 171 g/mol. The summed E-state index contributed by atoms with van der Waals surface area (Å²) in [6.45, 7) is 2.91. The Hall–Kier alpha value is -0.450. The van der Waals surface area contributed by atoms with Crippen LogP contribution in [0.15, 0.2) is 5.51 Å². The number of hydrazine groups is 1. The van der Waals surface area contributed by atoms with E-state index in [9.17, 15) is 0 Å². The van der Waals surface area contributed by atoms with E-state index in [1.54, 1.807) is 11.3 Å². The molecule has 0 spiro atoms. The van der Waals surface area contributed by atoms with E-state index in [0.29, 0.717) is 0 Å². The van der Waals surface area contributed by atoms with Crippen molar-refractivity contribution in [2.24, 2.45) is 0 Å². The summed E-state index contributed by atoms with van der Waals surface area (Å²) in [4.78, 5) is 5.46. The first kappa shape index (κ1) is 8.64. The zero-order valence-electron chi connectivity index (χ0n) is 7.09. The maximum Gasteiger partial charge on any atom is 0.0798 e. The first-order chi connectivity index (χ1) is 5.20. The highest BCUT2D eigenvalue weighted by Gasteiger charge is 1.99. The Bertz CT molecular complexity index is 219. The predicted octanol–water partition coefficient (Wildman–Crippen LogP) is 1.02. The van der Waals surface area contributed by atoms with E-state index in [0.717, 1.165) is 12.2 Å². The summed E-state index contributed by atoms with van der Waals surface area (Å²) in [5.74, 6) is 0. The lowest BCUT2D eigenvalue weighted by atomic mass is 10.4. The van der Waals surface area contributed by atoms with Gasteiger partial charge in [-0.1, -0.05) is 0 Å². The summed E-state index contributed by atoms with van der Waals surface area (Å²) in [5, 5.41) is 1.94. The molecule has 4 heteroatoms. The van der Waals surface area contributed by atoms with Crippen molar-refractivity contribution in [3.8, 4) is 0 Å². The van der Waals surface area contributed by atoms with Crippen LogP contribution in [0.2, 0.25) is 0 Å². The van der Waals surface area contributed by atoms with Crippen LogP contribution in [-0.2, 0) is 6.54 Å². The molecule has 0 fully saturated rings. The monoisotopic (exact) mass is 171 g/mol. The van der Waals surface area contributed by atoms with Crippen LogP contribution in [0.1, 0.15) is 10.6 Å². The molecule has 0 aliphatic rings. The summed E-state index contributed by atoms with van der Waals surface area (Å²) >= 11 is 1.69. The maximum absolute atomic E-state index is 4.15. The second kappa shape index (κ2) is 3.80. The Morgan fingerprint density at radius 2 is 2.36 bits per heavy atom. The molecule has 0 unspecified atom stereocenters. The van der Waals surface area contributed by atoms with Gasteiger partial charge in [0.05, 0.1) is 11.2 Å². The fraction of sp³-hybridized carbons (Fsp3) is 0.571. The highest BCUT2D eigenvalue weighted by atomic mass is 32.1. The molecule has 62 valence electrons. The minimum atomic E-state index is 0.878. The number of thiazole rings is 1. The average Bonchev–Trinajstić information content (AvgIpc) is 2.31. The summed E-state index contributed by atoms with van der Waals surface area (Å²) in [6.07, 6.45) is 0. The van der Waals surface area contributed by atoms with Crippen LogP contribution in [-0.4, -0.2) is 24.1 Å². The zero-order chi connectivity index (χ0) is 8.27. The topological polar surface area (TPSA) is 28.2 Å². The van der Waals surface area contributed by atoms with Crippen molar-refractivity contribution in [1.82, 2.24) is 15.4 Å². The van der Waals surface area contributed by atoms with Crippen molar-refractivity contribution in [2.75, 3.05) is 14.1 Å². The molecule has 1 N–H and O–H groups in total. The summed E-state index contributed by atoms with van der Waals surface area (Å²) in [7, 11) is 3.97. The normalized spacial score (nSPS) is 10.9. The summed E-state index contributed by atoms with van der Waals surface area (Å²) < 4.78 is 0. The molecular weight excluding hydrogens is 158 g/mol. The minimum absolute atomic E-state index is 0.878. The predicted molar refractivity (Wildman–Crippen MR) is 47.4 cm³/mol. The molecule has 0 bridgehead atoms. The van der Waals surface area contributed by atoms with E-state index in [1.807, 2.05) is 31.5 Å². The molecule has 0 amide bonds. The van der Waals surface area contributed by atoms with Crippen molar-refractivity contribution >= 4 is 11.3 Å². The molecular formula is C7H13N3S. The van der Waals surface area contributed by atoms with Gasteiger partial charge in [0.2, 0.25) is 0 Å². The van der Waals surface area contributed by atoms with E-state index >= 15 is 0 Å². The van der Waals surface area contributed by atoms with Gasteiger partial charge in [0.25, 0.3) is 0 Å². The molecule has 1 aromatic rings. The number of hydrogen-bond donors (Lipinski definition) is 1. The standard InChI is InChI=1S/C7H13N3S/c1-6-7(11-5-8-6)4-9-10(2)3/h5,9H,4H2,1-3H3. The second-order valence-electron chi connectivity index (χ2n) is 2.59. The van der Waals surface area contributed by atoms with E-state index in [-0.39, 0.29) is 0 Å². The molecule has 1 heterocycles. The Morgan fingerprint density at radius 1 is 1.64 bits per heavy atom. The molecule has 11 heavy (non-hydrogen) atoms. The molecule has 0 saturated heterocycles. The van der Waals surface area contributed by atoms with Gasteiger partial charge >= 0.3 is 0 Å². The first-order valence-corrected chi connectivity index (χ1v) is 4.38. The number of nitrogens with one attached hydrogen (secondary N) is 1. The smallest absolute Gasteiger partial charge is 0.0798 e. The van der Waals surface area contributed by atoms with Crippen LogP contribution >= 0.6 is 11.3 Å². The third-order valence-electron chi connectivity index (χ3n) is 1.40. The second-order valence-corrected chi connectivity index (χ2v) is 3.53. The molecule has 0 radical (unpaired) electrons. The molecule has 0 aliphatic carbocycles. The Labute approximate surface area is 71.0 Å². The Kier molecular flexibility index (Phi) is 2.99. The van der Waals surface area contributed by atoms with Gasteiger partial charge in [-0.15, -0.1) is 11.3 Å². The number of hydrogen-bond acceptors (Lipinski definition) is 4. The van der Waals surface area contributed by atoms with Crippen molar-refractivity contribution < 1.29 is 0 Å². The fourth-order valence-electron chi connectivity index (χ4n) is 0.726. The molecule has 0 aromatic carbocycles. The quantitative estimate of drug-likeness (QED) is 0.688.